The average Bonchev–Trinajstić information content (AvgIpc) is 2.48. The molecule has 1 nitrogen and oxygen atoms in total. The van der Waals surface area contributed by atoms with Gasteiger partial charge in [0, 0.05) is 16.5 Å². The highest BCUT2D eigenvalue weighted by atomic mass is 32.2. The Kier molecular flexibility index (Phi) is 6.28. The predicted molar refractivity (Wildman–Crippen MR) is 92.5 cm³/mol. The molecule has 0 aliphatic heterocycles. The second kappa shape index (κ2) is 7.54. The first-order valence-corrected chi connectivity index (χ1v) is 9.84. The van der Waals surface area contributed by atoms with Crippen molar-refractivity contribution in [2.24, 2.45) is 11.3 Å². The second-order valence-corrected chi connectivity index (χ2v) is 9.23. The molecule has 0 heterocycles. The van der Waals surface area contributed by atoms with Crippen molar-refractivity contribution in [1.82, 2.24) is 5.32 Å². The van der Waals surface area contributed by atoms with Crippen LogP contribution in [0.3, 0.4) is 0 Å². The summed E-state index contributed by atoms with van der Waals surface area (Å²) in [6, 6.07) is 0.755. The Morgan fingerprint density at radius 2 is 1.75 bits per heavy atom. The van der Waals surface area contributed by atoms with Gasteiger partial charge < -0.3 is 5.32 Å². The fourth-order valence-corrected chi connectivity index (χ4v) is 5.96. The fourth-order valence-electron chi connectivity index (χ4n) is 4.06. The number of thioether (sulfide) groups is 1. The van der Waals surface area contributed by atoms with Gasteiger partial charge in [-0.3, -0.25) is 0 Å². The summed E-state index contributed by atoms with van der Waals surface area (Å²) >= 11 is 2.34. The lowest BCUT2D eigenvalue weighted by Gasteiger charge is -2.44. The summed E-state index contributed by atoms with van der Waals surface area (Å²) in [6.07, 6.45) is 12.9. The zero-order valence-electron chi connectivity index (χ0n) is 14.1. The van der Waals surface area contributed by atoms with Crippen molar-refractivity contribution in [2.75, 3.05) is 7.05 Å². The van der Waals surface area contributed by atoms with Crippen molar-refractivity contribution in [3.63, 3.8) is 0 Å². The number of hydrogen-bond acceptors (Lipinski definition) is 2. The minimum absolute atomic E-state index is 0.532. The molecule has 3 atom stereocenters. The van der Waals surface area contributed by atoms with Gasteiger partial charge in [-0.15, -0.1) is 0 Å². The minimum Gasteiger partial charge on any atom is -0.316 e. The van der Waals surface area contributed by atoms with Crippen molar-refractivity contribution in [3.8, 4) is 0 Å². The SMILES string of the molecule is CCC(C)(C)C1CCC(NC)C(SC2CCCCC2)C1. The van der Waals surface area contributed by atoms with Crippen molar-refractivity contribution in [1.29, 1.82) is 0 Å². The molecular weight excluding hydrogens is 262 g/mol. The summed E-state index contributed by atoms with van der Waals surface area (Å²) < 4.78 is 0. The second-order valence-electron chi connectivity index (χ2n) is 7.68. The summed E-state index contributed by atoms with van der Waals surface area (Å²) in [5.74, 6) is 0.929. The van der Waals surface area contributed by atoms with E-state index in [0.29, 0.717) is 5.41 Å². The Hall–Kier alpha value is 0.310. The van der Waals surface area contributed by atoms with E-state index in [1.54, 1.807) is 0 Å². The van der Waals surface area contributed by atoms with E-state index in [1.807, 2.05) is 0 Å². The molecule has 2 rings (SSSR count). The topological polar surface area (TPSA) is 12.0 Å². The maximum atomic E-state index is 3.61. The van der Waals surface area contributed by atoms with Crippen LogP contribution in [-0.4, -0.2) is 23.6 Å². The van der Waals surface area contributed by atoms with Gasteiger partial charge in [0.25, 0.3) is 0 Å². The molecule has 0 aromatic rings. The third-order valence-electron chi connectivity index (χ3n) is 6.10. The van der Waals surface area contributed by atoms with Crippen LogP contribution in [0, 0.1) is 11.3 Å². The molecule has 2 aliphatic carbocycles. The maximum absolute atomic E-state index is 3.61. The van der Waals surface area contributed by atoms with Gasteiger partial charge in [0.2, 0.25) is 0 Å². The normalized spacial score (nSPS) is 33.3. The Labute approximate surface area is 131 Å². The van der Waals surface area contributed by atoms with Gasteiger partial charge in [-0.25, -0.2) is 0 Å². The van der Waals surface area contributed by atoms with E-state index in [1.165, 1.54) is 57.8 Å². The molecule has 1 N–H and O–H groups in total. The van der Waals surface area contributed by atoms with Gasteiger partial charge in [-0.1, -0.05) is 46.5 Å². The fraction of sp³-hybridized carbons (Fsp3) is 1.00. The van der Waals surface area contributed by atoms with Gasteiger partial charge in [0.1, 0.15) is 0 Å². The van der Waals surface area contributed by atoms with Gasteiger partial charge in [-0.05, 0) is 50.5 Å². The Balaban J connectivity index is 1.95. The van der Waals surface area contributed by atoms with Gasteiger partial charge >= 0.3 is 0 Å². The summed E-state index contributed by atoms with van der Waals surface area (Å²) in [4.78, 5) is 0. The van der Waals surface area contributed by atoms with Crippen LogP contribution < -0.4 is 5.32 Å². The Bertz CT molecular complexity index is 283. The van der Waals surface area contributed by atoms with Crippen LogP contribution in [0.25, 0.3) is 0 Å². The molecule has 0 spiro atoms. The van der Waals surface area contributed by atoms with Crippen LogP contribution in [0.1, 0.15) is 78.6 Å². The molecule has 2 saturated carbocycles. The smallest absolute Gasteiger partial charge is 0.0206 e. The lowest BCUT2D eigenvalue weighted by Crippen LogP contribution is -2.44. The van der Waals surface area contributed by atoms with Crippen molar-refractivity contribution in [3.05, 3.63) is 0 Å². The minimum atomic E-state index is 0.532. The largest absolute Gasteiger partial charge is 0.316 e. The summed E-state index contributed by atoms with van der Waals surface area (Å²) in [5, 5.41) is 5.42. The van der Waals surface area contributed by atoms with Gasteiger partial charge in [0.05, 0.1) is 0 Å². The highest BCUT2D eigenvalue weighted by Crippen LogP contribution is 2.45. The quantitative estimate of drug-likeness (QED) is 0.744. The highest BCUT2D eigenvalue weighted by molar-refractivity contribution is 8.00. The van der Waals surface area contributed by atoms with E-state index < -0.39 is 0 Å². The lowest BCUT2D eigenvalue weighted by molar-refractivity contribution is 0.142. The highest BCUT2D eigenvalue weighted by Gasteiger charge is 2.37. The zero-order valence-corrected chi connectivity index (χ0v) is 14.9. The number of nitrogens with one attached hydrogen (secondary N) is 1. The Morgan fingerprint density at radius 3 is 2.35 bits per heavy atom. The molecule has 2 heteroatoms. The van der Waals surface area contributed by atoms with Crippen molar-refractivity contribution in [2.45, 2.75) is 95.1 Å². The van der Waals surface area contributed by atoms with E-state index in [0.717, 1.165) is 22.5 Å². The molecule has 2 fully saturated rings. The molecule has 20 heavy (non-hydrogen) atoms. The van der Waals surface area contributed by atoms with Crippen LogP contribution >= 0.6 is 11.8 Å². The first kappa shape index (κ1) is 16.7. The molecule has 2 aliphatic rings. The van der Waals surface area contributed by atoms with Gasteiger partial charge in [0.15, 0.2) is 0 Å². The lowest BCUT2D eigenvalue weighted by atomic mass is 9.68. The predicted octanol–water partition coefficient (Wildman–Crippen LogP) is 5.25. The molecule has 0 aromatic heterocycles. The molecule has 0 amide bonds. The standard InChI is InChI=1S/C18H35NS/c1-5-18(2,3)14-11-12-16(19-4)17(13-14)20-15-9-7-6-8-10-15/h14-17,19H,5-13H2,1-4H3. The monoisotopic (exact) mass is 297 g/mol. The average molecular weight is 298 g/mol. The van der Waals surface area contributed by atoms with Crippen molar-refractivity contribution >= 4 is 11.8 Å². The van der Waals surface area contributed by atoms with E-state index in [2.05, 4.69) is 44.9 Å². The summed E-state index contributed by atoms with van der Waals surface area (Å²) in [7, 11) is 2.17. The molecule has 0 bridgehead atoms. The van der Waals surface area contributed by atoms with E-state index in [-0.39, 0.29) is 0 Å². The van der Waals surface area contributed by atoms with Crippen LogP contribution in [0.5, 0.6) is 0 Å². The van der Waals surface area contributed by atoms with E-state index >= 15 is 0 Å². The first-order chi connectivity index (χ1) is 9.56. The van der Waals surface area contributed by atoms with Crippen LogP contribution in [0.2, 0.25) is 0 Å². The number of hydrogen-bond donors (Lipinski definition) is 1. The summed E-state index contributed by atoms with van der Waals surface area (Å²) in [6.45, 7) is 7.34. The third-order valence-corrected chi connectivity index (χ3v) is 7.83. The van der Waals surface area contributed by atoms with Crippen LogP contribution in [-0.2, 0) is 0 Å². The molecule has 118 valence electrons. The Morgan fingerprint density at radius 1 is 1.05 bits per heavy atom. The molecule has 0 radical (unpaired) electrons. The zero-order chi connectivity index (χ0) is 14.6. The van der Waals surface area contributed by atoms with Crippen molar-refractivity contribution < 1.29 is 0 Å². The van der Waals surface area contributed by atoms with Crippen LogP contribution in [0.4, 0.5) is 0 Å². The van der Waals surface area contributed by atoms with E-state index in [4.69, 9.17) is 0 Å². The van der Waals surface area contributed by atoms with E-state index in [9.17, 15) is 0 Å². The number of rotatable bonds is 5. The molecular formula is C18H35NS. The maximum Gasteiger partial charge on any atom is 0.0206 e. The molecule has 0 aromatic carbocycles. The molecule has 0 saturated heterocycles. The van der Waals surface area contributed by atoms with Crippen LogP contribution in [0.15, 0.2) is 0 Å². The summed E-state index contributed by atoms with van der Waals surface area (Å²) in [5.41, 5.74) is 0.532. The molecule has 3 unspecified atom stereocenters. The van der Waals surface area contributed by atoms with Gasteiger partial charge in [-0.2, -0.15) is 11.8 Å². The first-order valence-electron chi connectivity index (χ1n) is 8.89. The third kappa shape index (κ3) is 4.16.